The van der Waals surface area contributed by atoms with Gasteiger partial charge in [0.15, 0.2) is 4.80 Å². The number of carbonyl (C=O) groups is 1. The Bertz CT molecular complexity index is 1490. The molecule has 1 aliphatic rings. The third-order valence-electron chi connectivity index (χ3n) is 5.49. The van der Waals surface area contributed by atoms with E-state index in [1.165, 1.54) is 11.3 Å². The molecule has 1 aliphatic heterocycles. The second kappa shape index (κ2) is 10.4. The summed E-state index contributed by atoms with van der Waals surface area (Å²) in [6.45, 7) is 5.36. The number of nitrogens with zero attached hydrogens (tertiary/aromatic N) is 2. The average Bonchev–Trinajstić information content (AvgIpc) is 3.12. The highest BCUT2D eigenvalue weighted by molar-refractivity contribution is 14.1. The third kappa shape index (κ3) is 5.06. The molecular weight excluding hydrogens is 579 g/mol. The van der Waals surface area contributed by atoms with Crippen molar-refractivity contribution in [2.45, 2.75) is 32.9 Å². The van der Waals surface area contributed by atoms with Gasteiger partial charge in [0, 0.05) is 0 Å². The molecule has 182 valence electrons. The fourth-order valence-electron chi connectivity index (χ4n) is 3.89. The minimum Gasteiger partial charge on any atom is -0.497 e. The summed E-state index contributed by atoms with van der Waals surface area (Å²) in [6, 6.07) is 12.4. The van der Waals surface area contributed by atoms with Crippen LogP contribution in [0.5, 0.6) is 11.5 Å². The van der Waals surface area contributed by atoms with Crippen molar-refractivity contribution in [2.24, 2.45) is 4.99 Å². The normalized spacial score (nSPS) is 15.6. The van der Waals surface area contributed by atoms with E-state index in [4.69, 9.17) is 14.2 Å². The lowest BCUT2D eigenvalue weighted by molar-refractivity contribution is -0.143. The summed E-state index contributed by atoms with van der Waals surface area (Å²) < 4.78 is 19.2. The molecule has 1 atom stereocenters. The van der Waals surface area contributed by atoms with Crippen LogP contribution in [-0.2, 0) is 9.53 Å². The first-order chi connectivity index (χ1) is 16.7. The van der Waals surface area contributed by atoms with Gasteiger partial charge in [0.1, 0.15) is 11.5 Å². The predicted octanol–water partition coefficient (Wildman–Crippen LogP) is 3.81. The van der Waals surface area contributed by atoms with Gasteiger partial charge in [0.25, 0.3) is 5.56 Å². The van der Waals surface area contributed by atoms with Crippen LogP contribution in [0, 0.1) is 3.57 Å². The quantitative estimate of drug-likeness (QED) is 0.316. The second-order valence-electron chi connectivity index (χ2n) is 8.20. The third-order valence-corrected chi connectivity index (χ3v) is 7.32. The highest BCUT2D eigenvalue weighted by Gasteiger charge is 2.33. The summed E-state index contributed by atoms with van der Waals surface area (Å²) in [5.74, 6) is 0.968. The Labute approximate surface area is 220 Å². The molecule has 0 radical (unpaired) electrons. The molecule has 0 aliphatic carbocycles. The first kappa shape index (κ1) is 25.2. The number of hydrogen-bond acceptors (Lipinski definition) is 7. The van der Waals surface area contributed by atoms with Gasteiger partial charge in [-0.05, 0) is 84.8 Å². The topological polar surface area (TPSA) is 79.1 Å². The van der Waals surface area contributed by atoms with Gasteiger partial charge in [-0.3, -0.25) is 9.36 Å². The number of hydrogen-bond donors (Lipinski definition) is 0. The Balaban J connectivity index is 1.91. The lowest BCUT2D eigenvalue weighted by atomic mass is 9.96. The molecule has 0 saturated carbocycles. The van der Waals surface area contributed by atoms with E-state index < -0.39 is 12.0 Å². The molecule has 0 fully saturated rings. The van der Waals surface area contributed by atoms with Crippen LogP contribution >= 0.6 is 33.9 Å². The molecule has 0 amide bonds. The lowest BCUT2D eigenvalue weighted by Crippen LogP contribution is -2.40. The number of esters is 1. The van der Waals surface area contributed by atoms with Gasteiger partial charge < -0.3 is 14.2 Å². The standard InChI is InChI=1S/C26H25IN2O5S/c1-14(2)34-25(31)22-15(3)28-26-29(23(22)17-7-9-18(32-4)10-8-17)24(30)21(35-26)13-16-6-11-20(33-5)19(27)12-16/h6-14,23H,1-5H3/b21-13-. The summed E-state index contributed by atoms with van der Waals surface area (Å²) in [5, 5.41) is 0. The highest BCUT2D eigenvalue weighted by Crippen LogP contribution is 2.32. The van der Waals surface area contributed by atoms with Crippen LogP contribution < -0.4 is 24.4 Å². The van der Waals surface area contributed by atoms with Gasteiger partial charge in [0.05, 0.1) is 45.7 Å². The van der Waals surface area contributed by atoms with E-state index in [1.54, 1.807) is 39.6 Å². The highest BCUT2D eigenvalue weighted by atomic mass is 127. The largest absolute Gasteiger partial charge is 0.497 e. The van der Waals surface area contributed by atoms with Crippen LogP contribution in [0.15, 0.2) is 63.5 Å². The van der Waals surface area contributed by atoms with Crippen molar-refractivity contribution >= 4 is 46.0 Å². The molecule has 1 unspecified atom stereocenters. The Morgan fingerprint density at radius 2 is 1.86 bits per heavy atom. The molecule has 3 aromatic rings. The van der Waals surface area contributed by atoms with E-state index in [0.717, 1.165) is 20.4 Å². The lowest BCUT2D eigenvalue weighted by Gasteiger charge is -2.25. The van der Waals surface area contributed by atoms with Crippen LogP contribution in [0.1, 0.15) is 37.9 Å². The van der Waals surface area contributed by atoms with Gasteiger partial charge in [-0.25, -0.2) is 9.79 Å². The maximum absolute atomic E-state index is 13.7. The number of thiazole rings is 1. The molecule has 7 nitrogen and oxygen atoms in total. The number of carbonyl (C=O) groups excluding carboxylic acids is 1. The van der Waals surface area contributed by atoms with Crippen LogP contribution in [0.25, 0.3) is 6.08 Å². The molecule has 4 rings (SSSR count). The number of fused-ring (bicyclic) bond motifs is 1. The Kier molecular flexibility index (Phi) is 7.46. The molecule has 0 spiro atoms. The molecule has 0 saturated heterocycles. The number of methoxy groups -OCH3 is 2. The monoisotopic (exact) mass is 604 g/mol. The summed E-state index contributed by atoms with van der Waals surface area (Å²) in [6.07, 6.45) is 1.53. The number of halogens is 1. The fourth-order valence-corrected chi connectivity index (χ4v) is 5.69. The van der Waals surface area contributed by atoms with E-state index >= 15 is 0 Å². The van der Waals surface area contributed by atoms with E-state index in [1.807, 2.05) is 48.5 Å². The molecule has 9 heteroatoms. The van der Waals surface area contributed by atoms with Crippen molar-refractivity contribution in [3.63, 3.8) is 0 Å². The number of aromatic nitrogens is 1. The van der Waals surface area contributed by atoms with E-state index in [-0.39, 0.29) is 11.7 Å². The number of allylic oxidation sites excluding steroid dienone is 1. The first-order valence-electron chi connectivity index (χ1n) is 10.9. The van der Waals surface area contributed by atoms with E-state index in [9.17, 15) is 9.59 Å². The summed E-state index contributed by atoms with van der Waals surface area (Å²) in [5.41, 5.74) is 2.30. The molecule has 35 heavy (non-hydrogen) atoms. The molecule has 0 N–H and O–H groups in total. The van der Waals surface area contributed by atoms with E-state index in [2.05, 4.69) is 27.6 Å². The van der Waals surface area contributed by atoms with Crippen molar-refractivity contribution in [1.29, 1.82) is 0 Å². The predicted molar refractivity (Wildman–Crippen MR) is 144 cm³/mol. The zero-order valence-electron chi connectivity index (χ0n) is 20.0. The zero-order chi connectivity index (χ0) is 25.3. The van der Waals surface area contributed by atoms with Gasteiger partial charge in [-0.1, -0.05) is 29.5 Å². The molecule has 2 aromatic carbocycles. The van der Waals surface area contributed by atoms with Gasteiger partial charge >= 0.3 is 5.97 Å². The number of benzene rings is 2. The fraction of sp³-hybridized carbons (Fsp3) is 0.269. The van der Waals surface area contributed by atoms with Crippen molar-refractivity contribution in [2.75, 3.05) is 14.2 Å². The molecule has 2 heterocycles. The van der Waals surface area contributed by atoms with Crippen LogP contribution in [0.4, 0.5) is 0 Å². The van der Waals surface area contributed by atoms with E-state index in [0.29, 0.717) is 26.4 Å². The summed E-state index contributed by atoms with van der Waals surface area (Å²) >= 11 is 3.49. The summed E-state index contributed by atoms with van der Waals surface area (Å²) in [7, 11) is 3.21. The van der Waals surface area contributed by atoms with Crippen molar-refractivity contribution in [1.82, 2.24) is 4.57 Å². The molecular formula is C26H25IN2O5S. The maximum Gasteiger partial charge on any atom is 0.338 e. The van der Waals surface area contributed by atoms with Gasteiger partial charge in [-0.2, -0.15) is 0 Å². The first-order valence-corrected chi connectivity index (χ1v) is 12.8. The molecule has 0 bridgehead atoms. The Morgan fingerprint density at radius 3 is 2.46 bits per heavy atom. The van der Waals surface area contributed by atoms with Gasteiger partial charge in [-0.15, -0.1) is 0 Å². The summed E-state index contributed by atoms with van der Waals surface area (Å²) in [4.78, 5) is 32.0. The smallest absolute Gasteiger partial charge is 0.338 e. The van der Waals surface area contributed by atoms with Crippen molar-refractivity contribution in [3.05, 3.63) is 88.1 Å². The number of rotatable bonds is 6. The van der Waals surface area contributed by atoms with Crippen LogP contribution in [-0.4, -0.2) is 30.9 Å². The average molecular weight is 604 g/mol. The van der Waals surface area contributed by atoms with Crippen LogP contribution in [0.3, 0.4) is 0 Å². The minimum absolute atomic E-state index is 0.220. The maximum atomic E-state index is 13.7. The minimum atomic E-state index is -0.665. The second-order valence-corrected chi connectivity index (χ2v) is 10.4. The Morgan fingerprint density at radius 1 is 1.14 bits per heavy atom. The van der Waals surface area contributed by atoms with Crippen molar-refractivity contribution in [3.8, 4) is 11.5 Å². The SMILES string of the molecule is COc1ccc(C2C(C(=O)OC(C)C)=C(C)N=c3s/c(=C\c4ccc(OC)c(I)c4)c(=O)n32)cc1. The van der Waals surface area contributed by atoms with Gasteiger partial charge in [0.2, 0.25) is 0 Å². The molecule has 1 aromatic heterocycles. The van der Waals surface area contributed by atoms with Crippen LogP contribution in [0.2, 0.25) is 0 Å². The van der Waals surface area contributed by atoms with Crippen molar-refractivity contribution < 1.29 is 19.0 Å². The Hall–Kier alpha value is -2.92. The number of ether oxygens (including phenoxy) is 3. The zero-order valence-corrected chi connectivity index (χ0v) is 23.0.